The second kappa shape index (κ2) is 8.08. The molecule has 0 spiro atoms. The highest BCUT2D eigenvalue weighted by molar-refractivity contribution is 5.80. The van der Waals surface area contributed by atoms with Crippen LogP contribution in [0.5, 0.6) is 0 Å². The van der Waals surface area contributed by atoms with Gasteiger partial charge in [-0.1, -0.05) is 0 Å². The minimum atomic E-state index is -0.303. The number of fused-ring (bicyclic) bond motifs is 1. The van der Waals surface area contributed by atoms with Crippen LogP contribution in [0, 0.1) is 12.7 Å². The molecule has 29 heavy (non-hydrogen) atoms. The smallest absolute Gasteiger partial charge is 0.254 e. The Bertz CT molecular complexity index is 1050. The summed E-state index contributed by atoms with van der Waals surface area (Å²) in [5, 5.41) is 9.00. The molecule has 1 aromatic carbocycles. The molecule has 0 unspecified atom stereocenters. The summed E-state index contributed by atoms with van der Waals surface area (Å²) in [5.41, 5.74) is 2.77. The Morgan fingerprint density at radius 3 is 2.59 bits per heavy atom. The van der Waals surface area contributed by atoms with Crippen molar-refractivity contribution in [2.75, 3.05) is 13.1 Å². The summed E-state index contributed by atoms with van der Waals surface area (Å²) in [6, 6.07) is 9.02. The summed E-state index contributed by atoms with van der Waals surface area (Å²) in [6.45, 7) is 9.11. The third kappa shape index (κ3) is 4.11. The standard InChI is InChI=1S/C22H28FN5O/c1-14(2)27-10-8-18(9-11-27)24-13-16-12-20-15(3)26-28(21(20)25-22(16)29)19-6-4-17(23)5-7-19/h4-7,12,14,18,24H,8-11,13H2,1-3H3,(H,25,29). The Morgan fingerprint density at radius 2 is 1.93 bits per heavy atom. The molecule has 3 aromatic rings. The minimum absolute atomic E-state index is 0.118. The number of likely N-dealkylation sites (tertiary alicyclic amines) is 1. The number of hydrogen-bond donors (Lipinski definition) is 2. The van der Waals surface area contributed by atoms with Crippen LogP contribution >= 0.6 is 0 Å². The zero-order chi connectivity index (χ0) is 20.5. The van der Waals surface area contributed by atoms with Crippen LogP contribution in [-0.2, 0) is 6.54 Å². The molecule has 4 rings (SSSR count). The first-order valence-electron chi connectivity index (χ1n) is 10.3. The van der Waals surface area contributed by atoms with Gasteiger partial charge in [-0.05, 0) is 77.0 Å². The number of nitrogens with one attached hydrogen (secondary N) is 2. The fraction of sp³-hybridized carbons (Fsp3) is 0.455. The molecule has 2 N–H and O–H groups in total. The van der Waals surface area contributed by atoms with Gasteiger partial charge in [-0.3, -0.25) is 4.79 Å². The molecule has 0 amide bonds. The van der Waals surface area contributed by atoms with Crippen LogP contribution in [0.25, 0.3) is 16.7 Å². The van der Waals surface area contributed by atoms with E-state index in [1.165, 1.54) is 12.1 Å². The van der Waals surface area contributed by atoms with Crippen LogP contribution in [0.4, 0.5) is 4.39 Å². The first kappa shape index (κ1) is 19.8. The lowest BCUT2D eigenvalue weighted by molar-refractivity contribution is 0.161. The number of aromatic nitrogens is 3. The molecule has 0 bridgehead atoms. The third-order valence-corrected chi connectivity index (χ3v) is 5.86. The van der Waals surface area contributed by atoms with Crippen molar-refractivity contribution in [2.24, 2.45) is 0 Å². The third-order valence-electron chi connectivity index (χ3n) is 5.86. The van der Waals surface area contributed by atoms with E-state index < -0.39 is 0 Å². The van der Waals surface area contributed by atoms with Crippen LogP contribution in [-0.4, -0.2) is 44.8 Å². The number of halogens is 1. The van der Waals surface area contributed by atoms with Gasteiger partial charge in [-0.25, -0.2) is 9.07 Å². The fourth-order valence-corrected chi connectivity index (χ4v) is 4.03. The Kier molecular flexibility index (Phi) is 5.52. The van der Waals surface area contributed by atoms with Crippen molar-refractivity contribution in [3.8, 4) is 5.69 Å². The van der Waals surface area contributed by atoms with Gasteiger partial charge in [0.05, 0.1) is 11.4 Å². The predicted molar refractivity (Wildman–Crippen MR) is 113 cm³/mol. The maximum absolute atomic E-state index is 13.2. The van der Waals surface area contributed by atoms with Crippen molar-refractivity contribution in [3.63, 3.8) is 0 Å². The molecule has 154 valence electrons. The van der Waals surface area contributed by atoms with Crippen LogP contribution in [0.3, 0.4) is 0 Å². The zero-order valence-corrected chi connectivity index (χ0v) is 17.2. The molecule has 1 saturated heterocycles. The second-order valence-corrected chi connectivity index (χ2v) is 8.14. The number of H-pyrrole nitrogens is 1. The van der Waals surface area contributed by atoms with Crippen LogP contribution < -0.4 is 10.9 Å². The van der Waals surface area contributed by atoms with Gasteiger partial charge in [0.2, 0.25) is 0 Å². The number of aromatic amines is 1. The van der Waals surface area contributed by atoms with E-state index in [2.05, 4.69) is 34.1 Å². The van der Waals surface area contributed by atoms with E-state index in [1.54, 1.807) is 16.8 Å². The molecule has 0 atom stereocenters. The molecule has 1 aliphatic rings. The van der Waals surface area contributed by atoms with E-state index >= 15 is 0 Å². The van der Waals surface area contributed by atoms with Crippen molar-refractivity contribution < 1.29 is 4.39 Å². The molecule has 3 heterocycles. The van der Waals surface area contributed by atoms with E-state index in [1.807, 2.05) is 13.0 Å². The lowest BCUT2D eigenvalue weighted by Crippen LogP contribution is -2.45. The number of rotatable bonds is 5. The number of piperidine rings is 1. The van der Waals surface area contributed by atoms with E-state index in [9.17, 15) is 9.18 Å². The number of pyridine rings is 1. The summed E-state index contributed by atoms with van der Waals surface area (Å²) in [5.74, 6) is -0.303. The second-order valence-electron chi connectivity index (χ2n) is 8.14. The van der Waals surface area contributed by atoms with E-state index in [0.29, 0.717) is 35.5 Å². The van der Waals surface area contributed by atoms with Gasteiger partial charge in [-0.2, -0.15) is 5.10 Å². The quantitative estimate of drug-likeness (QED) is 0.694. The molecular weight excluding hydrogens is 369 g/mol. The zero-order valence-electron chi connectivity index (χ0n) is 17.2. The van der Waals surface area contributed by atoms with E-state index in [4.69, 9.17) is 0 Å². The highest BCUT2D eigenvalue weighted by Gasteiger charge is 2.21. The van der Waals surface area contributed by atoms with Gasteiger partial charge in [0.15, 0.2) is 0 Å². The summed E-state index contributed by atoms with van der Waals surface area (Å²) in [6.07, 6.45) is 2.19. The van der Waals surface area contributed by atoms with Gasteiger partial charge in [0.25, 0.3) is 5.56 Å². The van der Waals surface area contributed by atoms with Crippen LogP contribution in [0.15, 0.2) is 35.1 Å². The molecule has 0 saturated carbocycles. The number of hydrogen-bond acceptors (Lipinski definition) is 4. The normalized spacial score (nSPS) is 16.2. The average Bonchev–Trinajstić information content (AvgIpc) is 3.02. The Morgan fingerprint density at radius 1 is 1.24 bits per heavy atom. The SMILES string of the molecule is Cc1nn(-c2ccc(F)cc2)c2[nH]c(=O)c(CNC3CCN(C(C)C)CC3)cc12. The Balaban J connectivity index is 1.53. The van der Waals surface area contributed by atoms with Crippen molar-refractivity contribution in [3.05, 3.63) is 57.8 Å². The lowest BCUT2D eigenvalue weighted by Gasteiger charge is -2.35. The maximum Gasteiger partial charge on any atom is 0.254 e. The molecule has 0 aliphatic carbocycles. The molecule has 1 aliphatic heterocycles. The largest absolute Gasteiger partial charge is 0.310 e. The van der Waals surface area contributed by atoms with Gasteiger partial charge >= 0.3 is 0 Å². The van der Waals surface area contributed by atoms with Crippen molar-refractivity contribution >= 4 is 11.0 Å². The van der Waals surface area contributed by atoms with E-state index in [0.717, 1.165) is 37.0 Å². The Labute approximate surface area is 169 Å². The summed E-state index contributed by atoms with van der Waals surface area (Å²) in [7, 11) is 0. The molecular formula is C22H28FN5O. The molecule has 2 aromatic heterocycles. The lowest BCUT2D eigenvalue weighted by atomic mass is 10.0. The van der Waals surface area contributed by atoms with Crippen LogP contribution in [0.1, 0.15) is 37.9 Å². The maximum atomic E-state index is 13.2. The number of benzene rings is 1. The molecule has 1 fully saturated rings. The number of aryl methyl sites for hydroxylation is 1. The van der Waals surface area contributed by atoms with Gasteiger partial charge < -0.3 is 15.2 Å². The van der Waals surface area contributed by atoms with Gasteiger partial charge in [0, 0.05) is 29.6 Å². The van der Waals surface area contributed by atoms with Gasteiger partial charge in [0.1, 0.15) is 11.5 Å². The Hall–Kier alpha value is -2.51. The molecule has 6 nitrogen and oxygen atoms in total. The highest BCUT2D eigenvalue weighted by Crippen LogP contribution is 2.20. The average molecular weight is 397 g/mol. The summed E-state index contributed by atoms with van der Waals surface area (Å²) >= 11 is 0. The van der Waals surface area contributed by atoms with Crippen LogP contribution in [0.2, 0.25) is 0 Å². The first-order valence-corrected chi connectivity index (χ1v) is 10.3. The molecule has 0 radical (unpaired) electrons. The van der Waals surface area contributed by atoms with Gasteiger partial charge in [-0.15, -0.1) is 0 Å². The monoisotopic (exact) mass is 397 g/mol. The van der Waals surface area contributed by atoms with Crippen molar-refractivity contribution in [2.45, 2.75) is 52.2 Å². The minimum Gasteiger partial charge on any atom is -0.310 e. The topological polar surface area (TPSA) is 66.0 Å². The summed E-state index contributed by atoms with van der Waals surface area (Å²) < 4.78 is 14.9. The summed E-state index contributed by atoms with van der Waals surface area (Å²) in [4.78, 5) is 18.2. The highest BCUT2D eigenvalue weighted by atomic mass is 19.1. The van der Waals surface area contributed by atoms with Crippen molar-refractivity contribution in [1.29, 1.82) is 0 Å². The van der Waals surface area contributed by atoms with E-state index in [-0.39, 0.29) is 11.4 Å². The molecule has 7 heteroatoms. The number of nitrogens with zero attached hydrogens (tertiary/aromatic N) is 3. The fourth-order valence-electron chi connectivity index (χ4n) is 4.03. The predicted octanol–water partition coefficient (Wildman–Crippen LogP) is 3.12. The van der Waals surface area contributed by atoms with Crippen molar-refractivity contribution in [1.82, 2.24) is 25.0 Å². The first-order chi connectivity index (χ1) is 13.9.